The Bertz CT molecular complexity index is 901. The first-order valence-electron chi connectivity index (χ1n) is 7.08. The lowest BCUT2D eigenvalue weighted by Gasteiger charge is -2.05. The van der Waals surface area contributed by atoms with Crippen molar-refractivity contribution in [2.24, 2.45) is 0 Å². The van der Waals surface area contributed by atoms with Crippen molar-refractivity contribution >= 4 is 21.6 Å². The average molecular weight is 303 g/mol. The van der Waals surface area contributed by atoms with Gasteiger partial charge in [0.1, 0.15) is 11.2 Å². The number of rotatable bonds is 3. The summed E-state index contributed by atoms with van der Waals surface area (Å²) in [6, 6.07) is 16.4. The molecule has 0 N–H and O–H groups in total. The van der Waals surface area contributed by atoms with Crippen LogP contribution in [-0.4, -0.2) is 15.0 Å². The van der Waals surface area contributed by atoms with Crippen molar-refractivity contribution in [1.29, 1.82) is 0 Å². The molecule has 0 aliphatic rings. The Morgan fingerprint density at radius 3 is 2.55 bits per heavy atom. The molecule has 0 saturated heterocycles. The molecule has 0 aliphatic carbocycles. The van der Waals surface area contributed by atoms with Crippen molar-refractivity contribution in [2.75, 3.05) is 0 Å². The maximum absolute atomic E-state index is 4.52. The summed E-state index contributed by atoms with van der Waals surface area (Å²) in [6.07, 6.45) is 4.18. The van der Waals surface area contributed by atoms with Gasteiger partial charge in [-0.2, -0.15) is 0 Å². The molecule has 4 aromatic rings. The van der Waals surface area contributed by atoms with Crippen LogP contribution < -0.4 is 0 Å². The standard InChI is InChI=1S/C18H13N3S/c1-2-6-13(7-3-1)15-11-22-18-17(15)16(20-12-21-18)10-14-8-4-5-9-19-14/h1-9,11-12H,10H2. The minimum Gasteiger partial charge on any atom is -0.261 e. The molecule has 3 aromatic heterocycles. The average Bonchev–Trinajstić information content (AvgIpc) is 3.02. The molecule has 4 heteroatoms. The van der Waals surface area contributed by atoms with Crippen LogP contribution in [0.5, 0.6) is 0 Å². The van der Waals surface area contributed by atoms with Crippen molar-refractivity contribution in [3.05, 3.63) is 77.8 Å². The molecule has 0 aliphatic heterocycles. The topological polar surface area (TPSA) is 38.7 Å². The molecule has 0 bridgehead atoms. The highest BCUT2D eigenvalue weighted by Gasteiger charge is 2.13. The summed E-state index contributed by atoms with van der Waals surface area (Å²) in [6.45, 7) is 0. The minimum atomic E-state index is 0.719. The SMILES string of the molecule is c1ccc(-c2csc3ncnc(Cc4ccccn4)c23)cc1. The quantitative estimate of drug-likeness (QED) is 0.565. The number of benzene rings is 1. The van der Waals surface area contributed by atoms with E-state index < -0.39 is 0 Å². The highest BCUT2D eigenvalue weighted by molar-refractivity contribution is 7.17. The summed E-state index contributed by atoms with van der Waals surface area (Å²) in [5.41, 5.74) is 4.45. The lowest BCUT2D eigenvalue weighted by Crippen LogP contribution is -1.96. The second kappa shape index (κ2) is 5.66. The molecule has 3 nitrogen and oxygen atoms in total. The van der Waals surface area contributed by atoms with Gasteiger partial charge < -0.3 is 0 Å². The van der Waals surface area contributed by atoms with E-state index in [0.717, 1.165) is 28.0 Å². The summed E-state index contributed by atoms with van der Waals surface area (Å²) >= 11 is 1.66. The van der Waals surface area contributed by atoms with Gasteiger partial charge in [-0.3, -0.25) is 4.98 Å². The Morgan fingerprint density at radius 1 is 0.864 bits per heavy atom. The van der Waals surface area contributed by atoms with Crippen LogP contribution in [0, 0.1) is 0 Å². The molecule has 22 heavy (non-hydrogen) atoms. The highest BCUT2D eigenvalue weighted by Crippen LogP contribution is 2.34. The third-order valence-corrected chi connectivity index (χ3v) is 4.49. The molecule has 106 valence electrons. The third-order valence-electron chi connectivity index (χ3n) is 3.61. The van der Waals surface area contributed by atoms with E-state index in [2.05, 4.69) is 44.6 Å². The van der Waals surface area contributed by atoms with Crippen molar-refractivity contribution in [3.8, 4) is 11.1 Å². The zero-order chi connectivity index (χ0) is 14.8. The number of nitrogens with zero attached hydrogens (tertiary/aromatic N) is 3. The van der Waals surface area contributed by atoms with Crippen LogP contribution >= 0.6 is 11.3 Å². The summed E-state index contributed by atoms with van der Waals surface area (Å²) in [4.78, 5) is 14.4. The maximum atomic E-state index is 4.52. The lowest BCUT2D eigenvalue weighted by atomic mass is 10.0. The molecule has 0 amide bonds. The monoisotopic (exact) mass is 303 g/mol. The van der Waals surface area contributed by atoms with Gasteiger partial charge in [0, 0.05) is 34.6 Å². The Labute approximate surface area is 132 Å². The summed E-state index contributed by atoms with van der Waals surface area (Å²) in [5, 5.41) is 3.31. The molecule has 0 atom stereocenters. The lowest BCUT2D eigenvalue weighted by molar-refractivity contribution is 1.01. The molecule has 0 radical (unpaired) electrons. The van der Waals surface area contributed by atoms with Gasteiger partial charge in [-0.15, -0.1) is 11.3 Å². The Hall–Kier alpha value is -2.59. The molecule has 0 spiro atoms. The number of thiophene rings is 1. The van der Waals surface area contributed by atoms with Gasteiger partial charge in [0.05, 0.1) is 5.69 Å². The largest absolute Gasteiger partial charge is 0.261 e. The molecule has 0 unspecified atom stereocenters. The molecule has 0 fully saturated rings. The van der Waals surface area contributed by atoms with Gasteiger partial charge in [0.25, 0.3) is 0 Å². The van der Waals surface area contributed by atoms with Crippen LogP contribution in [0.15, 0.2) is 66.4 Å². The predicted octanol–water partition coefficient (Wildman–Crippen LogP) is 4.34. The van der Waals surface area contributed by atoms with E-state index in [1.807, 2.05) is 30.5 Å². The number of fused-ring (bicyclic) bond motifs is 1. The summed E-state index contributed by atoms with van der Waals surface area (Å²) < 4.78 is 0. The van der Waals surface area contributed by atoms with Crippen LogP contribution in [0.2, 0.25) is 0 Å². The summed E-state index contributed by atoms with van der Waals surface area (Å²) in [5.74, 6) is 0. The molecule has 3 heterocycles. The fourth-order valence-corrected chi connectivity index (χ4v) is 3.51. The molecule has 4 rings (SSSR count). The van der Waals surface area contributed by atoms with Gasteiger partial charge in [-0.05, 0) is 17.7 Å². The molecule has 1 aromatic carbocycles. The van der Waals surface area contributed by atoms with Crippen molar-refractivity contribution < 1.29 is 0 Å². The van der Waals surface area contributed by atoms with Gasteiger partial charge in [0.2, 0.25) is 0 Å². The van der Waals surface area contributed by atoms with E-state index in [0.29, 0.717) is 0 Å². The molecular weight excluding hydrogens is 290 g/mol. The number of hydrogen-bond donors (Lipinski definition) is 0. The predicted molar refractivity (Wildman–Crippen MR) is 89.9 cm³/mol. The summed E-state index contributed by atoms with van der Waals surface area (Å²) in [7, 11) is 0. The van der Waals surface area contributed by atoms with E-state index in [-0.39, 0.29) is 0 Å². The maximum Gasteiger partial charge on any atom is 0.127 e. The van der Waals surface area contributed by atoms with Gasteiger partial charge in [-0.1, -0.05) is 36.4 Å². The Morgan fingerprint density at radius 2 is 1.73 bits per heavy atom. The van der Waals surface area contributed by atoms with Crippen molar-refractivity contribution in [3.63, 3.8) is 0 Å². The first kappa shape index (κ1) is 13.1. The van der Waals surface area contributed by atoms with E-state index in [9.17, 15) is 0 Å². The van der Waals surface area contributed by atoms with Crippen LogP contribution in [0.3, 0.4) is 0 Å². The molecular formula is C18H13N3S. The first-order valence-corrected chi connectivity index (χ1v) is 7.96. The second-order valence-corrected chi connectivity index (χ2v) is 5.87. The van der Waals surface area contributed by atoms with E-state index in [4.69, 9.17) is 0 Å². The van der Waals surface area contributed by atoms with Crippen molar-refractivity contribution in [2.45, 2.75) is 6.42 Å². The van der Waals surface area contributed by atoms with Crippen LogP contribution in [0.25, 0.3) is 21.3 Å². The Kier molecular flexibility index (Phi) is 3.37. The fraction of sp³-hybridized carbons (Fsp3) is 0.0556. The normalized spacial score (nSPS) is 10.9. The second-order valence-electron chi connectivity index (χ2n) is 5.01. The smallest absolute Gasteiger partial charge is 0.127 e. The van der Waals surface area contributed by atoms with E-state index in [1.54, 1.807) is 17.7 Å². The third kappa shape index (κ3) is 2.38. The zero-order valence-corrected chi connectivity index (χ0v) is 12.6. The van der Waals surface area contributed by atoms with Gasteiger partial charge in [-0.25, -0.2) is 9.97 Å². The minimum absolute atomic E-state index is 0.719. The Balaban J connectivity index is 1.87. The van der Waals surface area contributed by atoms with E-state index >= 15 is 0 Å². The van der Waals surface area contributed by atoms with Crippen molar-refractivity contribution in [1.82, 2.24) is 15.0 Å². The van der Waals surface area contributed by atoms with Crippen LogP contribution in [0.1, 0.15) is 11.4 Å². The zero-order valence-electron chi connectivity index (χ0n) is 11.8. The first-order chi connectivity index (χ1) is 10.9. The van der Waals surface area contributed by atoms with Gasteiger partial charge >= 0.3 is 0 Å². The highest BCUT2D eigenvalue weighted by atomic mass is 32.1. The van der Waals surface area contributed by atoms with Gasteiger partial charge in [0.15, 0.2) is 0 Å². The number of aromatic nitrogens is 3. The van der Waals surface area contributed by atoms with Crippen LogP contribution in [-0.2, 0) is 6.42 Å². The number of hydrogen-bond acceptors (Lipinski definition) is 4. The number of pyridine rings is 1. The fourth-order valence-electron chi connectivity index (χ4n) is 2.58. The van der Waals surface area contributed by atoms with Crippen LogP contribution in [0.4, 0.5) is 0 Å². The van der Waals surface area contributed by atoms with E-state index in [1.165, 1.54) is 11.1 Å². The molecule has 0 saturated carbocycles.